The molecule has 0 heterocycles. The molecule has 0 amide bonds. The van der Waals surface area contributed by atoms with Crippen LogP contribution in [-0.4, -0.2) is 23.2 Å². The van der Waals surface area contributed by atoms with Crippen molar-refractivity contribution in [1.82, 2.24) is 0 Å². The Kier molecular flexibility index (Phi) is 3.73. The highest BCUT2D eigenvalue weighted by Gasteiger charge is 2.40. The van der Waals surface area contributed by atoms with Crippen LogP contribution in [0.25, 0.3) is 0 Å². The first-order chi connectivity index (χ1) is 5.33. The number of rotatable bonds is 6. The van der Waals surface area contributed by atoms with Gasteiger partial charge in [0.25, 0.3) is 0 Å². The molecule has 0 aliphatic heterocycles. The lowest BCUT2D eigenvalue weighted by atomic mass is 10.0. The first-order valence-corrected chi connectivity index (χ1v) is 5.67. The van der Waals surface area contributed by atoms with E-state index >= 15 is 0 Å². The molecule has 1 nitrogen and oxygen atoms in total. The Morgan fingerprint density at radius 3 is 2.64 bits per heavy atom. The second kappa shape index (κ2) is 4.36. The van der Waals surface area contributed by atoms with Gasteiger partial charge in [-0.3, -0.25) is 0 Å². The van der Waals surface area contributed by atoms with Crippen LogP contribution in [0.5, 0.6) is 0 Å². The van der Waals surface area contributed by atoms with E-state index in [1.54, 1.807) is 0 Å². The molecule has 0 aromatic rings. The Hall–Kier alpha value is 0.310. The lowest BCUT2D eigenvalue weighted by Crippen LogP contribution is -2.06. The lowest BCUT2D eigenvalue weighted by Gasteiger charge is -2.09. The van der Waals surface area contributed by atoms with E-state index < -0.39 is 0 Å². The second-order valence-corrected chi connectivity index (χ2v) is 4.85. The molecule has 0 spiro atoms. The molecule has 0 aromatic carbocycles. The van der Waals surface area contributed by atoms with Crippen LogP contribution < -0.4 is 0 Å². The number of hydrogen-bond donors (Lipinski definition) is 1. The fraction of sp³-hybridized carbons (Fsp3) is 1.00. The molecule has 0 atom stereocenters. The summed E-state index contributed by atoms with van der Waals surface area (Å²) in [6.07, 6.45) is 5.07. The number of aliphatic hydroxyl groups excluding tert-OH is 1. The average Bonchev–Trinajstić information content (AvgIpc) is 2.80. The van der Waals surface area contributed by atoms with E-state index in [1.807, 2.05) is 11.8 Å². The second-order valence-electron chi connectivity index (χ2n) is 3.46. The molecular formula is C9H18OS. The largest absolute Gasteiger partial charge is 0.396 e. The molecule has 2 heteroatoms. The maximum absolute atomic E-state index is 9.01. The molecule has 1 fully saturated rings. The monoisotopic (exact) mass is 174 g/mol. The van der Waals surface area contributed by atoms with Crippen LogP contribution in [0.3, 0.4) is 0 Å². The van der Waals surface area contributed by atoms with Crippen molar-refractivity contribution >= 4 is 11.8 Å². The van der Waals surface area contributed by atoms with Gasteiger partial charge in [0.2, 0.25) is 0 Å². The van der Waals surface area contributed by atoms with Gasteiger partial charge in [-0.05, 0) is 42.6 Å². The molecule has 0 aromatic heterocycles. The van der Waals surface area contributed by atoms with E-state index in [2.05, 4.69) is 6.92 Å². The van der Waals surface area contributed by atoms with Crippen molar-refractivity contribution in [1.29, 1.82) is 0 Å². The summed E-state index contributed by atoms with van der Waals surface area (Å²) in [6, 6.07) is 0. The van der Waals surface area contributed by atoms with Gasteiger partial charge in [-0.15, -0.1) is 0 Å². The third-order valence-corrected chi connectivity index (χ3v) is 3.48. The zero-order valence-corrected chi connectivity index (χ0v) is 8.12. The molecule has 11 heavy (non-hydrogen) atoms. The molecular weight excluding hydrogens is 156 g/mol. The zero-order valence-electron chi connectivity index (χ0n) is 7.31. The summed E-state index contributed by atoms with van der Waals surface area (Å²) in [5.74, 6) is 2.50. The minimum atomic E-state index is 0.383. The summed E-state index contributed by atoms with van der Waals surface area (Å²) >= 11 is 2.01. The van der Waals surface area contributed by atoms with Gasteiger partial charge in [0.05, 0.1) is 0 Å². The van der Waals surface area contributed by atoms with Gasteiger partial charge in [0.15, 0.2) is 0 Å². The quantitative estimate of drug-likeness (QED) is 0.623. The van der Waals surface area contributed by atoms with Crippen LogP contribution in [0.1, 0.15) is 32.6 Å². The molecule has 0 radical (unpaired) electrons. The number of thioether (sulfide) groups is 1. The first kappa shape index (κ1) is 9.40. The lowest BCUT2D eigenvalue weighted by molar-refractivity contribution is 0.202. The minimum absolute atomic E-state index is 0.383. The fourth-order valence-electron chi connectivity index (χ4n) is 1.36. The van der Waals surface area contributed by atoms with Gasteiger partial charge in [0.1, 0.15) is 0 Å². The topological polar surface area (TPSA) is 20.2 Å². The van der Waals surface area contributed by atoms with Crippen molar-refractivity contribution in [3.05, 3.63) is 0 Å². The van der Waals surface area contributed by atoms with E-state index in [9.17, 15) is 0 Å². The van der Waals surface area contributed by atoms with E-state index in [-0.39, 0.29) is 0 Å². The fourth-order valence-corrected chi connectivity index (χ4v) is 1.99. The van der Waals surface area contributed by atoms with Crippen LogP contribution in [0.2, 0.25) is 0 Å². The van der Waals surface area contributed by atoms with Crippen LogP contribution >= 0.6 is 11.8 Å². The van der Waals surface area contributed by atoms with Crippen LogP contribution in [0.4, 0.5) is 0 Å². The Morgan fingerprint density at radius 2 is 2.18 bits per heavy atom. The van der Waals surface area contributed by atoms with Crippen LogP contribution in [0.15, 0.2) is 0 Å². The molecule has 1 saturated carbocycles. The molecule has 0 saturated heterocycles. The van der Waals surface area contributed by atoms with Gasteiger partial charge < -0.3 is 5.11 Å². The number of aliphatic hydroxyl groups is 1. The Bertz CT molecular complexity index is 110. The average molecular weight is 174 g/mol. The van der Waals surface area contributed by atoms with E-state index in [0.29, 0.717) is 12.0 Å². The van der Waals surface area contributed by atoms with Crippen LogP contribution in [-0.2, 0) is 0 Å². The van der Waals surface area contributed by atoms with E-state index in [0.717, 1.165) is 0 Å². The van der Waals surface area contributed by atoms with Crippen molar-refractivity contribution in [3.63, 3.8) is 0 Å². The Labute approximate surface area is 73.6 Å². The maximum Gasteiger partial charge on any atom is 0.0487 e. The Balaban J connectivity index is 1.94. The summed E-state index contributed by atoms with van der Waals surface area (Å²) in [7, 11) is 0. The minimum Gasteiger partial charge on any atom is -0.396 e. The van der Waals surface area contributed by atoms with Crippen molar-refractivity contribution in [3.8, 4) is 0 Å². The van der Waals surface area contributed by atoms with E-state index in [4.69, 9.17) is 5.11 Å². The highest BCUT2D eigenvalue weighted by molar-refractivity contribution is 7.99. The third-order valence-electron chi connectivity index (χ3n) is 2.49. The van der Waals surface area contributed by atoms with Crippen molar-refractivity contribution in [2.24, 2.45) is 5.41 Å². The molecule has 1 N–H and O–H groups in total. The predicted molar refractivity (Wildman–Crippen MR) is 51.0 cm³/mol. The van der Waals surface area contributed by atoms with Crippen molar-refractivity contribution < 1.29 is 5.11 Å². The van der Waals surface area contributed by atoms with Crippen molar-refractivity contribution in [2.45, 2.75) is 32.6 Å². The van der Waals surface area contributed by atoms with Gasteiger partial charge >= 0.3 is 0 Å². The highest BCUT2D eigenvalue weighted by Crippen LogP contribution is 2.49. The zero-order chi connectivity index (χ0) is 8.16. The van der Waals surface area contributed by atoms with Gasteiger partial charge in [-0.2, -0.15) is 11.8 Å². The SMILES string of the molecule is CCSCCCC1(CO)CC1. The molecule has 1 aliphatic carbocycles. The molecule has 0 unspecified atom stereocenters. The summed E-state index contributed by atoms with van der Waals surface area (Å²) in [5, 5.41) is 9.01. The first-order valence-electron chi connectivity index (χ1n) is 4.51. The van der Waals surface area contributed by atoms with Crippen molar-refractivity contribution in [2.75, 3.05) is 18.1 Å². The van der Waals surface area contributed by atoms with E-state index in [1.165, 1.54) is 37.2 Å². The molecule has 1 rings (SSSR count). The normalized spacial score (nSPS) is 20.2. The molecule has 1 aliphatic rings. The molecule has 66 valence electrons. The standard InChI is InChI=1S/C9H18OS/c1-2-11-7-3-4-9(8-10)5-6-9/h10H,2-8H2,1H3. The maximum atomic E-state index is 9.01. The predicted octanol–water partition coefficient (Wildman–Crippen LogP) is 2.29. The van der Waals surface area contributed by atoms with Gasteiger partial charge in [0, 0.05) is 6.61 Å². The number of hydrogen-bond acceptors (Lipinski definition) is 2. The smallest absolute Gasteiger partial charge is 0.0487 e. The summed E-state index contributed by atoms with van der Waals surface area (Å²) in [4.78, 5) is 0. The molecule has 0 bridgehead atoms. The third kappa shape index (κ3) is 3.04. The summed E-state index contributed by atoms with van der Waals surface area (Å²) < 4.78 is 0. The Morgan fingerprint density at radius 1 is 1.45 bits per heavy atom. The highest BCUT2D eigenvalue weighted by atomic mass is 32.2. The van der Waals surface area contributed by atoms with Gasteiger partial charge in [-0.1, -0.05) is 6.92 Å². The summed E-state index contributed by atoms with van der Waals surface area (Å²) in [6.45, 7) is 2.62. The van der Waals surface area contributed by atoms with Crippen LogP contribution in [0, 0.1) is 5.41 Å². The summed E-state index contributed by atoms with van der Waals surface area (Å²) in [5.41, 5.74) is 0.383. The van der Waals surface area contributed by atoms with Gasteiger partial charge in [-0.25, -0.2) is 0 Å².